The molecule has 18 heavy (non-hydrogen) atoms. The molecule has 0 atom stereocenters. The highest BCUT2D eigenvalue weighted by Crippen LogP contribution is 2.28. The van der Waals surface area contributed by atoms with Crippen molar-refractivity contribution in [1.82, 2.24) is 5.32 Å². The molecule has 1 saturated heterocycles. The van der Waals surface area contributed by atoms with Crippen molar-refractivity contribution in [1.29, 1.82) is 5.26 Å². The van der Waals surface area contributed by atoms with Crippen molar-refractivity contribution in [3.63, 3.8) is 0 Å². The Bertz CT molecular complexity index is 459. The van der Waals surface area contributed by atoms with Gasteiger partial charge in [-0.05, 0) is 30.5 Å². The quantitative estimate of drug-likeness (QED) is 0.827. The van der Waals surface area contributed by atoms with Crippen molar-refractivity contribution in [3.05, 3.63) is 28.8 Å². The second kappa shape index (κ2) is 5.85. The van der Waals surface area contributed by atoms with E-state index in [0.29, 0.717) is 6.42 Å². The minimum atomic E-state index is 0.147. The van der Waals surface area contributed by atoms with Crippen molar-refractivity contribution in [2.75, 3.05) is 37.7 Å². The Morgan fingerprint density at radius 2 is 2.11 bits per heavy atom. The number of nitriles is 1. The molecule has 0 aliphatic carbocycles. The maximum atomic E-state index is 9.25. The molecule has 4 heteroatoms. The first-order valence-corrected chi connectivity index (χ1v) is 6.37. The van der Waals surface area contributed by atoms with E-state index in [0.717, 1.165) is 48.6 Å². The number of hydrogen-bond donors (Lipinski definition) is 2. The lowest BCUT2D eigenvalue weighted by Gasteiger charge is -2.32. The molecular weight excluding hydrogens is 226 g/mol. The van der Waals surface area contributed by atoms with Gasteiger partial charge in [0.25, 0.3) is 0 Å². The van der Waals surface area contributed by atoms with Crippen molar-refractivity contribution in [2.45, 2.75) is 13.3 Å². The van der Waals surface area contributed by atoms with Crippen molar-refractivity contribution < 1.29 is 5.11 Å². The summed E-state index contributed by atoms with van der Waals surface area (Å²) in [6, 6.07) is 6.10. The average molecular weight is 245 g/mol. The summed E-state index contributed by atoms with van der Waals surface area (Å²) in [6.45, 7) is 5.95. The highest BCUT2D eigenvalue weighted by molar-refractivity contribution is 5.66. The van der Waals surface area contributed by atoms with Crippen LogP contribution in [0.4, 0.5) is 5.69 Å². The monoisotopic (exact) mass is 245 g/mol. The lowest BCUT2D eigenvalue weighted by Crippen LogP contribution is -2.44. The maximum absolute atomic E-state index is 9.25. The Labute approximate surface area is 108 Å². The number of nitrogens with one attached hydrogen (secondary N) is 1. The third kappa shape index (κ3) is 2.47. The SMILES string of the molecule is Cc1c(CCO)ccc(C#N)c1N1CCNCC1. The Balaban J connectivity index is 2.41. The van der Waals surface area contributed by atoms with Crippen LogP contribution in [-0.4, -0.2) is 37.9 Å². The molecule has 96 valence electrons. The second-order valence-corrected chi connectivity index (χ2v) is 4.57. The van der Waals surface area contributed by atoms with Gasteiger partial charge in [0.2, 0.25) is 0 Å². The molecule has 0 spiro atoms. The summed E-state index contributed by atoms with van der Waals surface area (Å²) < 4.78 is 0. The molecule has 4 nitrogen and oxygen atoms in total. The molecule has 0 aromatic heterocycles. The molecule has 0 unspecified atom stereocenters. The number of piperazine rings is 1. The van der Waals surface area contributed by atoms with Crippen LogP contribution in [-0.2, 0) is 6.42 Å². The van der Waals surface area contributed by atoms with Gasteiger partial charge in [0.15, 0.2) is 0 Å². The Morgan fingerprint density at radius 3 is 2.72 bits per heavy atom. The zero-order valence-electron chi connectivity index (χ0n) is 10.7. The molecule has 1 aliphatic heterocycles. The van der Waals surface area contributed by atoms with Gasteiger partial charge in [-0.25, -0.2) is 0 Å². The average Bonchev–Trinajstić information content (AvgIpc) is 2.42. The van der Waals surface area contributed by atoms with Crippen molar-refractivity contribution in [3.8, 4) is 6.07 Å². The molecule has 2 rings (SSSR count). The predicted molar refractivity (Wildman–Crippen MR) is 71.8 cm³/mol. The van der Waals surface area contributed by atoms with E-state index in [9.17, 15) is 5.26 Å². The van der Waals surface area contributed by atoms with E-state index < -0.39 is 0 Å². The third-order valence-corrected chi connectivity index (χ3v) is 3.48. The predicted octanol–water partition coefficient (Wildman–Crippen LogP) is 0.811. The minimum Gasteiger partial charge on any atom is -0.396 e. The van der Waals surface area contributed by atoms with Crippen LogP contribution in [0.1, 0.15) is 16.7 Å². The molecular formula is C14H19N3O. The minimum absolute atomic E-state index is 0.147. The number of nitrogens with zero attached hydrogens (tertiary/aromatic N) is 2. The van der Waals surface area contributed by atoms with Gasteiger partial charge >= 0.3 is 0 Å². The topological polar surface area (TPSA) is 59.3 Å². The summed E-state index contributed by atoms with van der Waals surface area (Å²) in [4.78, 5) is 2.27. The van der Waals surface area contributed by atoms with E-state index in [1.54, 1.807) is 0 Å². The van der Waals surface area contributed by atoms with E-state index in [1.165, 1.54) is 0 Å². The standard InChI is InChI=1S/C14H19N3O/c1-11-12(4-9-18)2-3-13(10-15)14(11)17-7-5-16-6-8-17/h2-3,16,18H,4-9H2,1H3. The molecule has 1 heterocycles. The molecule has 0 saturated carbocycles. The van der Waals surface area contributed by atoms with Crippen LogP contribution in [0.3, 0.4) is 0 Å². The van der Waals surface area contributed by atoms with Crippen LogP contribution in [0, 0.1) is 18.3 Å². The van der Waals surface area contributed by atoms with Crippen LogP contribution in [0.25, 0.3) is 0 Å². The largest absolute Gasteiger partial charge is 0.396 e. The normalized spacial score (nSPS) is 15.5. The third-order valence-electron chi connectivity index (χ3n) is 3.48. The maximum Gasteiger partial charge on any atom is 0.101 e. The van der Waals surface area contributed by atoms with Gasteiger partial charge < -0.3 is 15.3 Å². The highest BCUT2D eigenvalue weighted by Gasteiger charge is 2.18. The summed E-state index contributed by atoms with van der Waals surface area (Å²) in [7, 11) is 0. The van der Waals surface area contributed by atoms with Crippen molar-refractivity contribution >= 4 is 5.69 Å². The van der Waals surface area contributed by atoms with Gasteiger partial charge in [0.05, 0.1) is 11.3 Å². The first-order chi connectivity index (χ1) is 8.77. The molecule has 1 aromatic rings. The Hall–Kier alpha value is -1.57. The zero-order valence-corrected chi connectivity index (χ0v) is 10.7. The second-order valence-electron chi connectivity index (χ2n) is 4.57. The summed E-state index contributed by atoms with van der Waals surface area (Å²) in [5.74, 6) is 0. The number of rotatable bonds is 3. The van der Waals surface area contributed by atoms with Gasteiger partial charge in [0, 0.05) is 32.8 Å². The molecule has 0 amide bonds. The van der Waals surface area contributed by atoms with Gasteiger partial charge in [-0.15, -0.1) is 0 Å². The van der Waals surface area contributed by atoms with Crippen LogP contribution in [0.5, 0.6) is 0 Å². The Kier molecular flexibility index (Phi) is 4.19. The summed E-state index contributed by atoms with van der Waals surface area (Å²) in [5.41, 5.74) is 4.04. The van der Waals surface area contributed by atoms with Crippen LogP contribution < -0.4 is 10.2 Å². The fourth-order valence-corrected chi connectivity index (χ4v) is 2.52. The first kappa shape index (κ1) is 12.9. The van der Waals surface area contributed by atoms with Crippen LogP contribution in [0.15, 0.2) is 12.1 Å². The number of anilines is 1. The van der Waals surface area contributed by atoms with E-state index >= 15 is 0 Å². The molecule has 1 aliphatic rings. The molecule has 1 fully saturated rings. The van der Waals surface area contributed by atoms with Gasteiger partial charge in [-0.1, -0.05) is 6.07 Å². The summed E-state index contributed by atoms with van der Waals surface area (Å²) >= 11 is 0. The van der Waals surface area contributed by atoms with E-state index in [2.05, 4.69) is 16.3 Å². The molecule has 0 bridgehead atoms. The van der Waals surface area contributed by atoms with Crippen LogP contribution >= 0.6 is 0 Å². The molecule has 2 N–H and O–H groups in total. The van der Waals surface area contributed by atoms with Gasteiger partial charge in [-0.2, -0.15) is 5.26 Å². The Morgan fingerprint density at radius 1 is 1.39 bits per heavy atom. The lowest BCUT2D eigenvalue weighted by molar-refractivity contribution is 0.299. The zero-order chi connectivity index (χ0) is 13.0. The molecule has 1 aromatic carbocycles. The lowest BCUT2D eigenvalue weighted by atomic mass is 9.99. The highest BCUT2D eigenvalue weighted by atomic mass is 16.2. The smallest absolute Gasteiger partial charge is 0.101 e. The van der Waals surface area contributed by atoms with Crippen LogP contribution in [0.2, 0.25) is 0 Å². The fourth-order valence-electron chi connectivity index (χ4n) is 2.52. The van der Waals surface area contributed by atoms with E-state index in [-0.39, 0.29) is 6.61 Å². The summed E-state index contributed by atoms with van der Waals surface area (Å²) in [6.07, 6.45) is 0.649. The number of hydrogen-bond acceptors (Lipinski definition) is 4. The number of aliphatic hydroxyl groups is 1. The summed E-state index contributed by atoms with van der Waals surface area (Å²) in [5, 5.41) is 21.7. The van der Waals surface area contributed by atoms with E-state index in [1.807, 2.05) is 19.1 Å². The molecule has 0 radical (unpaired) electrons. The van der Waals surface area contributed by atoms with Gasteiger partial charge in [0.1, 0.15) is 6.07 Å². The number of aliphatic hydroxyl groups excluding tert-OH is 1. The fraction of sp³-hybridized carbons (Fsp3) is 0.500. The van der Waals surface area contributed by atoms with Crippen molar-refractivity contribution in [2.24, 2.45) is 0 Å². The number of benzene rings is 1. The van der Waals surface area contributed by atoms with E-state index in [4.69, 9.17) is 5.11 Å². The van der Waals surface area contributed by atoms with Gasteiger partial charge in [-0.3, -0.25) is 0 Å². The first-order valence-electron chi connectivity index (χ1n) is 6.37.